The van der Waals surface area contributed by atoms with Gasteiger partial charge in [0.1, 0.15) is 11.3 Å². The summed E-state index contributed by atoms with van der Waals surface area (Å²) in [5, 5.41) is 3.15. The fourth-order valence-electron chi connectivity index (χ4n) is 4.15. The van der Waals surface area contributed by atoms with E-state index in [9.17, 15) is 14.4 Å². The second-order valence-corrected chi connectivity index (χ2v) is 6.91. The van der Waals surface area contributed by atoms with Crippen LogP contribution in [0.1, 0.15) is 25.6 Å². The molecular weight excluding hydrogens is 348 g/mol. The molecule has 140 valence electrons. The second-order valence-electron chi connectivity index (χ2n) is 6.91. The summed E-state index contributed by atoms with van der Waals surface area (Å²) in [6.45, 7) is 3.50. The number of rotatable bonds is 4. The highest BCUT2D eigenvalue weighted by Crippen LogP contribution is 2.49. The number of furan rings is 1. The Hall–Kier alpha value is -2.93. The lowest BCUT2D eigenvalue weighted by Crippen LogP contribution is -2.54. The average Bonchev–Trinajstić information content (AvgIpc) is 3.34. The van der Waals surface area contributed by atoms with Crippen molar-refractivity contribution in [2.45, 2.75) is 25.4 Å². The molecule has 7 nitrogen and oxygen atoms in total. The molecule has 0 unspecified atom stereocenters. The monoisotopic (exact) mass is 368 g/mol. The lowest BCUT2D eigenvalue weighted by Gasteiger charge is -2.28. The van der Waals surface area contributed by atoms with Gasteiger partial charge in [0.25, 0.3) is 0 Å². The van der Waals surface area contributed by atoms with Crippen molar-refractivity contribution in [1.82, 2.24) is 5.32 Å². The van der Waals surface area contributed by atoms with Gasteiger partial charge in [0.2, 0.25) is 11.8 Å². The number of carbonyl (C=O) groups excluding carboxylic acids is 3. The number of imide groups is 1. The van der Waals surface area contributed by atoms with Crippen LogP contribution in [0.4, 0.5) is 5.69 Å². The number of ether oxygens (including phenoxy) is 1. The molecule has 4 rings (SSSR count). The molecular formula is C20H20N2O5. The van der Waals surface area contributed by atoms with Gasteiger partial charge in [-0.1, -0.05) is 18.2 Å². The number of hydrogen-bond acceptors (Lipinski definition) is 6. The van der Waals surface area contributed by atoms with E-state index in [2.05, 4.69) is 5.32 Å². The van der Waals surface area contributed by atoms with E-state index in [1.54, 1.807) is 50.2 Å². The first-order valence-corrected chi connectivity index (χ1v) is 8.90. The third kappa shape index (κ3) is 2.49. The first-order chi connectivity index (χ1) is 13.0. The molecule has 2 aromatic rings. The highest BCUT2D eigenvalue weighted by Gasteiger charge is 2.67. The fourth-order valence-corrected chi connectivity index (χ4v) is 4.15. The number of hydrogen-bond donors (Lipinski definition) is 1. The van der Waals surface area contributed by atoms with Gasteiger partial charge in [-0.25, -0.2) is 4.90 Å². The van der Waals surface area contributed by atoms with Crippen molar-refractivity contribution in [1.29, 1.82) is 0 Å². The van der Waals surface area contributed by atoms with Gasteiger partial charge in [-0.3, -0.25) is 19.7 Å². The Labute approximate surface area is 156 Å². The first-order valence-electron chi connectivity index (χ1n) is 8.90. The van der Waals surface area contributed by atoms with Crippen molar-refractivity contribution >= 4 is 23.5 Å². The summed E-state index contributed by atoms with van der Waals surface area (Å²) in [6.07, 6.45) is 1.50. The highest BCUT2D eigenvalue weighted by molar-refractivity contribution is 6.24. The number of carbonyl (C=O) groups is 3. The van der Waals surface area contributed by atoms with Gasteiger partial charge < -0.3 is 9.15 Å². The standard InChI is InChI=1S/C20H20N2O5/c1-3-26-19(25)20(2)15-14(16(21-20)13-10-7-11-27-13)17(23)22(18(15)24)12-8-5-4-6-9-12/h4-11,14-16,21H,3H2,1-2H3/t14-,15-,16-,20+/m0/s1. The Morgan fingerprint density at radius 3 is 2.56 bits per heavy atom. The van der Waals surface area contributed by atoms with Crippen molar-refractivity contribution in [2.75, 3.05) is 11.5 Å². The van der Waals surface area contributed by atoms with Gasteiger partial charge in [-0.05, 0) is 38.1 Å². The zero-order chi connectivity index (χ0) is 19.2. The van der Waals surface area contributed by atoms with Crippen molar-refractivity contribution in [3.63, 3.8) is 0 Å². The maximum absolute atomic E-state index is 13.3. The van der Waals surface area contributed by atoms with Crippen LogP contribution in [0.5, 0.6) is 0 Å². The smallest absolute Gasteiger partial charge is 0.326 e. The van der Waals surface area contributed by atoms with Crippen LogP contribution in [0.3, 0.4) is 0 Å². The Morgan fingerprint density at radius 1 is 1.19 bits per heavy atom. The molecule has 0 bridgehead atoms. The van der Waals surface area contributed by atoms with E-state index < -0.39 is 35.3 Å². The lowest BCUT2D eigenvalue weighted by atomic mass is 9.81. The Bertz CT molecular complexity index is 879. The van der Waals surface area contributed by atoms with Crippen LogP contribution in [0.25, 0.3) is 0 Å². The molecule has 1 aromatic carbocycles. The molecule has 2 aliphatic heterocycles. The van der Waals surface area contributed by atoms with E-state index in [1.165, 1.54) is 11.2 Å². The number of esters is 1. The number of amides is 2. The van der Waals surface area contributed by atoms with Crippen molar-refractivity contribution in [3.05, 3.63) is 54.5 Å². The van der Waals surface area contributed by atoms with Crippen LogP contribution >= 0.6 is 0 Å². The summed E-state index contributed by atoms with van der Waals surface area (Å²) in [5.41, 5.74) is -0.833. The zero-order valence-electron chi connectivity index (χ0n) is 15.0. The van der Waals surface area contributed by atoms with Crippen LogP contribution in [0.15, 0.2) is 53.1 Å². The summed E-state index contributed by atoms with van der Waals surface area (Å²) >= 11 is 0. The minimum atomic E-state index is -1.32. The molecule has 0 aliphatic carbocycles. The molecule has 2 aliphatic rings. The Kier molecular flexibility index (Phi) is 4.11. The zero-order valence-corrected chi connectivity index (χ0v) is 15.0. The molecule has 0 radical (unpaired) electrons. The maximum atomic E-state index is 13.3. The van der Waals surface area contributed by atoms with Gasteiger partial charge in [-0.15, -0.1) is 0 Å². The maximum Gasteiger partial charge on any atom is 0.326 e. The summed E-state index contributed by atoms with van der Waals surface area (Å²) in [7, 11) is 0. The molecule has 7 heteroatoms. The van der Waals surface area contributed by atoms with Crippen LogP contribution < -0.4 is 10.2 Å². The number of fused-ring (bicyclic) bond motifs is 1. The van der Waals surface area contributed by atoms with Gasteiger partial charge in [0.15, 0.2) is 0 Å². The van der Waals surface area contributed by atoms with E-state index in [-0.39, 0.29) is 12.5 Å². The van der Waals surface area contributed by atoms with Crippen molar-refractivity contribution in [3.8, 4) is 0 Å². The molecule has 4 atom stereocenters. The predicted molar refractivity (Wildman–Crippen MR) is 95.5 cm³/mol. The topological polar surface area (TPSA) is 88.8 Å². The number of nitrogens with zero attached hydrogens (tertiary/aromatic N) is 1. The van der Waals surface area contributed by atoms with Crippen LogP contribution in [0.2, 0.25) is 0 Å². The average molecular weight is 368 g/mol. The minimum absolute atomic E-state index is 0.184. The van der Waals surface area contributed by atoms with Crippen LogP contribution in [-0.4, -0.2) is 29.9 Å². The van der Waals surface area contributed by atoms with E-state index >= 15 is 0 Å². The highest BCUT2D eigenvalue weighted by atomic mass is 16.5. The van der Waals surface area contributed by atoms with Gasteiger partial charge >= 0.3 is 5.97 Å². The molecule has 1 N–H and O–H groups in total. The number of benzene rings is 1. The third-order valence-electron chi connectivity index (χ3n) is 5.35. The third-order valence-corrected chi connectivity index (χ3v) is 5.35. The lowest BCUT2D eigenvalue weighted by molar-refractivity contribution is -0.153. The van der Waals surface area contributed by atoms with E-state index in [0.29, 0.717) is 11.4 Å². The van der Waals surface area contributed by atoms with Gasteiger partial charge in [0, 0.05) is 0 Å². The fraction of sp³-hybridized carbons (Fsp3) is 0.350. The van der Waals surface area contributed by atoms with E-state index in [1.807, 2.05) is 6.07 Å². The summed E-state index contributed by atoms with van der Waals surface area (Å²) < 4.78 is 10.7. The summed E-state index contributed by atoms with van der Waals surface area (Å²) in [5.74, 6) is -2.43. The first kappa shape index (κ1) is 17.5. The SMILES string of the molecule is CCOC(=O)[C@]1(C)N[C@@H](c2ccco2)[C@H]2C(=O)N(c3ccccc3)C(=O)[C@H]21. The number of anilines is 1. The largest absolute Gasteiger partial charge is 0.468 e. The van der Waals surface area contributed by atoms with E-state index in [4.69, 9.17) is 9.15 Å². The number of para-hydroxylation sites is 1. The molecule has 0 saturated carbocycles. The molecule has 2 amide bonds. The van der Waals surface area contributed by atoms with E-state index in [0.717, 1.165) is 0 Å². The molecule has 27 heavy (non-hydrogen) atoms. The van der Waals surface area contributed by atoms with Gasteiger partial charge in [-0.2, -0.15) is 0 Å². The second kappa shape index (κ2) is 6.35. The Balaban J connectivity index is 1.81. The predicted octanol–water partition coefficient (Wildman–Crippen LogP) is 2.05. The summed E-state index contributed by atoms with van der Waals surface area (Å²) in [6, 6.07) is 11.6. The van der Waals surface area contributed by atoms with Crippen molar-refractivity contribution < 1.29 is 23.5 Å². The minimum Gasteiger partial charge on any atom is -0.468 e. The number of nitrogens with one attached hydrogen (secondary N) is 1. The molecule has 0 spiro atoms. The Morgan fingerprint density at radius 2 is 1.93 bits per heavy atom. The molecule has 2 saturated heterocycles. The van der Waals surface area contributed by atoms with Crippen molar-refractivity contribution in [2.24, 2.45) is 11.8 Å². The van der Waals surface area contributed by atoms with Gasteiger partial charge in [0.05, 0.1) is 36.4 Å². The summed E-state index contributed by atoms with van der Waals surface area (Å²) in [4.78, 5) is 40.4. The quantitative estimate of drug-likeness (QED) is 0.656. The van der Waals surface area contributed by atoms with Crippen LogP contribution in [0, 0.1) is 11.8 Å². The molecule has 2 fully saturated rings. The molecule has 1 aromatic heterocycles. The molecule has 3 heterocycles. The normalized spacial score (nSPS) is 29.9. The van der Waals surface area contributed by atoms with Crippen LogP contribution in [-0.2, 0) is 19.1 Å².